The van der Waals surface area contributed by atoms with Crippen molar-refractivity contribution in [2.45, 2.75) is 6.92 Å². The van der Waals surface area contributed by atoms with Crippen LogP contribution < -0.4 is 5.32 Å². The molecule has 0 aliphatic heterocycles. The Labute approximate surface area is 95.2 Å². The molecule has 1 N–H and O–H groups in total. The molecule has 0 saturated carbocycles. The average molecular weight is 237 g/mol. The average Bonchev–Trinajstić information content (AvgIpc) is 2.64. The minimum atomic E-state index is -0.678. The number of rotatable bonds is 2. The number of pyridine rings is 1. The van der Waals surface area contributed by atoms with Crippen LogP contribution in [0.15, 0.2) is 23.7 Å². The van der Waals surface area contributed by atoms with Crippen molar-refractivity contribution in [2.24, 2.45) is 0 Å². The largest absolute Gasteiger partial charge is 0.298 e. The van der Waals surface area contributed by atoms with Crippen LogP contribution >= 0.6 is 11.3 Å². The second-order valence-corrected chi connectivity index (χ2v) is 3.97. The Morgan fingerprint density at radius 1 is 1.56 bits per heavy atom. The number of hydrogen-bond donors (Lipinski definition) is 1. The molecule has 0 saturated heterocycles. The highest BCUT2D eigenvalue weighted by Crippen LogP contribution is 2.15. The van der Waals surface area contributed by atoms with Crippen LogP contribution in [-0.2, 0) is 0 Å². The first-order valence-corrected chi connectivity index (χ1v) is 5.38. The maximum atomic E-state index is 12.8. The van der Waals surface area contributed by atoms with Gasteiger partial charge in [0.2, 0.25) is 5.95 Å². The minimum Gasteiger partial charge on any atom is -0.298 e. The van der Waals surface area contributed by atoms with E-state index in [-0.39, 0.29) is 5.56 Å². The molecule has 0 atom stereocenters. The summed E-state index contributed by atoms with van der Waals surface area (Å²) in [5, 5.41) is 4.90. The number of nitrogens with one attached hydrogen (secondary N) is 1. The molecule has 4 nitrogen and oxygen atoms in total. The van der Waals surface area contributed by atoms with E-state index in [0.717, 1.165) is 11.8 Å². The van der Waals surface area contributed by atoms with Crippen molar-refractivity contribution >= 4 is 22.4 Å². The molecule has 2 aromatic heterocycles. The Hall–Kier alpha value is -1.82. The molecule has 16 heavy (non-hydrogen) atoms. The maximum Gasteiger partial charge on any atom is 0.257 e. The second-order valence-electron chi connectivity index (χ2n) is 3.12. The van der Waals surface area contributed by atoms with Crippen LogP contribution in [0.25, 0.3) is 0 Å². The monoisotopic (exact) mass is 237 g/mol. The van der Waals surface area contributed by atoms with Crippen LogP contribution in [0, 0.1) is 12.9 Å². The summed E-state index contributed by atoms with van der Waals surface area (Å²) in [5.41, 5.74) is 1.06. The first-order chi connectivity index (χ1) is 7.65. The Kier molecular flexibility index (Phi) is 2.91. The van der Waals surface area contributed by atoms with Gasteiger partial charge in [0.1, 0.15) is 0 Å². The summed E-state index contributed by atoms with van der Waals surface area (Å²) >= 11 is 1.32. The highest BCUT2D eigenvalue weighted by molar-refractivity contribution is 7.13. The number of anilines is 1. The van der Waals surface area contributed by atoms with Gasteiger partial charge in [-0.05, 0) is 13.0 Å². The summed E-state index contributed by atoms with van der Waals surface area (Å²) < 4.78 is 12.8. The lowest BCUT2D eigenvalue weighted by Crippen LogP contribution is -2.12. The lowest BCUT2D eigenvalue weighted by molar-refractivity contribution is 0.102. The number of amides is 1. The number of carbonyl (C=O) groups excluding carboxylic acids is 1. The predicted octanol–water partition coefficient (Wildman–Crippen LogP) is 2.24. The maximum absolute atomic E-state index is 12.8. The molecule has 0 unspecified atom stereocenters. The van der Waals surface area contributed by atoms with Crippen molar-refractivity contribution in [1.82, 2.24) is 9.97 Å². The van der Waals surface area contributed by atoms with Gasteiger partial charge in [0, 0.05) is 23.2 Å². The third-order valence-electron chi connectivity index (χ3n) is 1.83. The van der Waals surface area contributed by atoms with Crippen molar-refractivity contribution in [3.05, 3.63) is 40.9 Å². The molecule has 0 aromatic carbocycles. The lowest BCUT2D eigenvalue weighted by Gasteiger charge is -2.00. The van der Waals surface area contributed by atoms with Gasteiger partial charge in [-0.2, -0.15) is 4.39 Å². The molecule has 1 amide bonds. The fraction of sp³-hybridized carbons (Fsp3) is 0.100. The first-order valence-electron chi connectivity index (χ1n) is 4.50. The van der Waals surface area contributed by atoms with E-state index >= 15 is 0 Å². The summed E-state index contributed by atoms with van der Waals surface area (Å²) in [6, 6.07) is 2.52. The Bertz CT molecular complexity index is 526. The Morgan fingerprint density at radius 3 is 3.00 bits per heavy atom. The zero-order valence-corrected chi connectivity index (χ0v) is 9.21. The van der Waals surface area contributed by atoms with Crippen LogP contribution in [0.2, 0.25) is 0 Å². The summed E-state index contributed by atoms with van der Waals surface area (Å²) in [6.45, 7) is 1.83. The standard InChI is InChI=1S/C10H8FN3OS/c1-6-5-16-10(13-6)14-9(15)7-2-3-12-8(11)4-7/h2-5H,1H3,(H,13,14,15). The SMILES string of the molecule is Cc1csc(NC(=O)c2ccnc(F)c2)n1. The van der Waals surface area contributed by atoms with Crippen LogP contribution in [-0.4, -0.2) is 15.9 Å². The van der Waals surface area contributed by atoms with Crippen LogP contribution in [0.4, 0.5) is 9.52 Å². The van der Waals surface area contributed by atoms with Gasteiger partial charge < -0.3 is 0 Å². The zero-order chi connectivity index (χ0) is 11.5. The molecule has 6 heteroatoms. The van der Waals surface area contributed by atoms with E-state index in [1.165, 1.54) is 23.6 Å². The number of carbonyl (C=O) groups is 1. The third-order valence-corrected chi connectivity index (χ3v) is 2.70. The van der Waals surface area contributed by atoms with Gasteiger partial charge >= 0.3 is 0 Å². The van der Waals surface area contributed by atoms with Crippen molar-refractivity contribution in [1.29, 1.82) is 0 Å². The molecule has 2 rings (SSSR count). The van der Waals surface area contributed by atoms with E-state index in [1.54, 1.807) is 0 Å². The molecule has 0 spiro atoms. The van der Waals surface area contributed by atoms with Gasteiger partial charge in [-0.25, -0.2) is 9.97 Å². The van der Waals surface area contributed by atoms with Gasteiger partial charge in [0.25, 0.3) is 5.91 Å². The normalized spacial score (nSPS) is 10.1. The van der Waals surface area contributed by atoms with Gasteiger partial charge in [-0.15, -0.1) is 11.3 Å². The number of hydrogen-bond acceptors (Lipinski definition) is 4. The van der Waals surface area contributed by atoms with Gasteiger partial charge in [-0.1, -0.05) is 0 Å². The number of halogens is 1. The van der Waals surface area contributed by atoms with Crippen molar-refractivity contribution in [2.75, 3.05) is 5.32 Å². The minimum absolute atomic E-state index is 0.223. The molecular formula is C10H8FN3OS. The van der Waals surface area contributed by atoms with Crippen LogP contribution in [0.3, 0.4) is 0 Å². The number of aryl methyl sites for hydroxylation is 1. The highest BCUT2D eigenvalue weighted by atomic mass is 32.1. The highest BCUT2D eigenvalue weighted by Gasteiger charge is 2.09. The van der Waals surface area contributed by atoms with Crippen molar-refractivity contribution in [3.63, 3.8) is 0 Å². The van der Waals surface area contributed by atoms with E-state index in [1.807, 2.05) is 12.3 Å². The van der Waals surface area contributed by atoms with E-state index in [9.17, 15) is 9.18 Å². The molecule has 0 fully saturated rings. The zero-order valence-electron chi connectivity index (χ0n) is 8.40. The number of nitrogens with zero attached hydrogens (tertiary/aromatic N) is 2. The van der Waals surface area contributed by atoms with Crippen LogP contribution in [0.1, 0.15) is 16.1 Å². The van der Waals surface area contributed by atoms with Gasteiger partial charge in [0.15, 0.2) is 5.13 Å². The molecule has 2 aromatic rings. The smallest absolute Gasteiger partial charge is 0.257 e. The third kappa shape index (κ3) is 2.40. The molecule has 82 valence electrons. The summed E-state index contributed by atoms with van der Waals surface area (Å²) in [6.07, 6.45) is 1.25. The fourth-order valence-electron chi connectivity index (χ4n) is 1.12. The Morgan fingerprint density at radius 2 is 2.38 bits per heavy atom. The number of thiazole rings is 1. The van der Waals surface area contributed by atoms with E-state index in [0.29, 0.717) is 5.13 Å². The quantitative estimate of drug-likeness (QED) is 0.815. The fourth-order valence-corrected chi connectivity index (χ4v) is 1.81. The molecular weight excluding hydrogens is 229 g/mol. The van der Waals surface area contributed by atoms with Crippen molar-refractivity contribution in [3.8, 4) is 0 Å². The molecule has 2 heterocycles. The predicted molar refractivity (Wildman–Crippen MR) is 59.0 cm³/mol. The summed E-state index contributed by atoms with van der Waals surface area (Å²) in [7, 11) is 0. The summed E-state index contributed by atoms with van der Waals surface area (Å²) in [5.74, 6) is -1.07. The molecule has 0 aliphatic rings. The Balaban J connectivity index is 2.14. The number of aromatic nitrogens is 2. The molecule has 0 aliphatic carbocycles. The molecule has 0 radical (unpaired) electrons. The lowest BCUT2D eigenvalue weighted by atomic mass is 10.2. The topological polar surface area (TPSA) is 54.9 Å². The van der Waals surface area contributed by atoms with Crippen molar-refractivity contribution < 1.29 is 9.18 Å². The first kappa shape index (κ1) is 10.7. The van der Waals surface area contributed by atoms with E-state index in [2.05, 4.69) is 15.3 Å². The van der Waals surface area contributed by atoms with E-state index in [4.69, 9.17) is 0 Å². The van der Waals surface area contributed by atoms with Gasteiger partial charge in [0.05, 0.1) is 5.69 Å². The van der Waals surface area contributed by atoms with Gasteiger partial charge in [-0.3, -0.25) is 10.1 Å². The second kappa shape index (κ2) is 4.36. The molecule has 0 bridgehead atoms. The summed E-state index contributed by atoms with van der Waals surface area (Å²) in [4.78, 5) is 19.1. The van der Waals surface area contributed by atoms with Crippen LogP contribution in [0.5, 0.6) is 0 Å². The van der Waals surface area contributed by atoms with E-state index < -0.39 is 11.9 Å².